The molecule has 146 valence electrons. The van der Waals surface area contributed by atoms with E-state index < -0.39 is 0 Å². The van der Waals surface area contributed by atoms with Gasteiger partial charge in [0.25, 0.3) is 5.91 Å². The van der Waals surface area contributed by atoms with Gasteiger partial charge in [0.15, 0.2) is 11.3 Å². The smallest absolute Gasteiger partial charge is 0.261 e. The van der Waals surface area contributed by atoms with Crippen molar-refractivity contribution in [2.75, 3.05) is 12.4 Å². The first-order chi connectivity index (χ1) is 14.7. The molecule has 0 spiro atoms. The number of hydrogen-bond acceptors (Lipinski definition) is 5. The number of rotatable bonds is 4. The van der Waals surface area contributed by atoms with Gasteiger partial charge in [-0.2, -0.15) is 5.26 Å². The van der Waals surface area contributed by atoms with Crippen LogP contribution in [-0.2, 0) is 0 Å². The third-order valence-corrected chi connectivity index (χ3v) is 4.46. The van der Waals surface area contributed by atoms with Crippen LogP contribution in [0.1, 0.15) is 15.9 Å². The fraction of sp³-hybridized carbons (Fsp3) is 0.0417. The van der Waals surface area contributed by atoms with Gasteiger partial charge >= 0.3 is 0 Å². The summed E-state index contributed by atoms with van der Waals surface area (Å²) in [7, 11) is 1.55. The fourth-order valence-corrected chi connectivity index (χ4v) is 2.98. The Bertz CT molecular complexity index is 1320. The normalized spacial score (nSPS) is 11.1. The molecule has 0 unspecified atom stereocenters. The minimum absolute atomic E-state index is 0.144. The summed E-state index contributed by atoms with van der Waals surface area (Å²) in [5.74, 6) is 0.195. The number of carbonyl (C=O) groups is 1. The van der Waals surface area contributed by atoms with Crippen molar-refractivity contribution in [3.63, 3.8) is 0 Å². The third-order valence-electron chi connectivity index (χ3n) is 4.46. The predicted molar refractivity (Wildman–Crippen MR) is 114 cm³/mol. The van der Waals surface area contributed by atoms with Crippen LogP contribution in [-0.4, -0.2) is 13.0 Å². The van der Waals surface area contributed by atoms with Crippen LogP contribution in [0.25, 0.3) is 11.0 Å². The predicted octanol–water partition coefficient (Wildman–Crippen LogP) is 4.80. The molecule has 0 bridgehead atoms. The van der Waals surface area contributed by atoms with E-state index >= 15 is 0 Å². The lowest BCUT2D eigenvalue weighted by Crippen LogP contribution is -2.21. The summed E-state index contributed by atoms with van der Waals surface area (Å²) in [6.07, 6.45) is 0. The van der Waals surface area contributed by atoms with Crippen LogP contribution >= 0.6 is 0 Å². The number of nitrogens with zero attached hydrogens (tertiary/aromatic N) is 2. The first kappa shape index (κ1) is 19.0. The molecule has 0 fully saturated rings. The number of ether oxygens (including phenoxy) is 1. The monoisotopic (exact) mass is 395 g/mol. The summed E-state index contributed by atoms with van der Waals surface area (Å²) in [5.41, 5.74) is 2.66. The summed E-state index contributed by atoms with van der Waals surface area (Å²) in [6.45, 7) is 0. The zero-order chi connectivity index (χ0) is 20.9. The van der Waals surface area contributed by atoms with Crippen molar-refractivity contribution >= 4 is 28.3 Å². The maximum absolute atomic E-state index is 13.0. The van der Waals surface area contributed by atoms with Gasteiger partial charge in [-0.25, -0.2) is 4.99 Å². The van der Waals surface area contributed by atoms with E-state index in [-0.39, 0.29) is 17.0 Å². The molecule has 4 aromatic rings. The number of nitrogens with one attached hydrogen (secondary N) is 1. The van der Waals surface area contributed by atoms with E-state index in [1.165, 1.54) is 0 Å². The van der Waals surface area contributed by atoms with Gasteiger partial charge in [0.1, 0.15) is 5.56 Å². The van der Waals surface area contributed by atoms with Crippen molar-refractivity contribution < 1.29 is 13.9 Å². The van der Waals surface area contributed by atoms with Crippen LogP contribution in [0.15, 0.2) is 88.3 Å². The number of anilines is 1. The second-order valence-electron chi connectivity index (χ2n) is 6.43. The Hall–Kier alpha value is -4.37. The minimum Gasteiger partial charge on any atom is -0.493 e. The van der Waals surface area contributed by atoms with Gasteiger partial charge in [0.05, 0.1) is 24.4 Å². The number of fused-ring (bicyclic) bond motifs is 1. The molecule has 6 nitrogen and oxygen atoms in total. The van der Waals surface area contributed by atoms with Crippen molar-refractivity contribution in [1.29, 1.82) is 5.26 Å². The maximum Gasteiger partial charge on any atom is 0.261 e. The van der Waals surface area contributed by atoms with E-state index in [0.29, 0.717) is 33.7 Å². The van der Waals surface area contributed by atoms with Gasteiger partial charge in [0, 0.05) is 11.1 Å². The number of methoxy groups -OCH3 is 1. The summed E-state index contributed by atoms with van der Waals surface area (Å²) in [6, 6.07) is 25.1. The van der Waals surface area contributed by atoms with Crippen LogP contribution in [0.5, 0.6) is 5.75 Å². The van der Waals surface area contributed by atoms with Gasteiger partial charge in [0.2, 0.25) is 5.55 Å². The molecule has 1 N–H and O–H groups in total. The van der Waals surface area contributed by atoms with Crippen molar-refractivity contribution in [2.24, 2.45) is 4.99 Å². The lowest BCUT2D eigenvalue weighted by Gasteiger charge is -2.09. The highest BCUT2D eigenvalue weighted by molar-refractivity contribution is 6.05. The fourth-order valence-electron chi connectivity index (χ4n) is 2.98. The Balaban J connectivity index is 1.88. The van der Waals surface area contributed by atoms with Crippen LogP contribution < -0.4 is 15.6 Å². The van der Waals surface area contributed by atoms with Crippen molar-refractivity contribution in [3.8, 4) is 11.8 Å². The largest absolute Gasteiger partial charge is 0.493 e. The highest BCUT2D eigenvalue weighted by Crippen LogP contribution is 2.25. The van der Waals surface area contributed by atoms with E-state index in [9.17, 15) is 4.79 Å². The van der Waals surface area contributed by atoms with Crippen LogP contribution in [0.2, 0.25) is 0 Å². The molecule has 0 saturated carbocycles. The molecular formula is C24H17N3O3. The Morgan fingerprint density at radius 3 is 2.50 bits per heavy atom. The summed E-state index contributed by atoms with van der Waals surface area (Å²) >= 11 is 0. The topological polar surface area (TPSA) is 87.6 Å². The lowest BCUT2D eigenvalue weighted by atomic mass is 10.1. The highest BCUT2D eigenvalue weighted by Gasteiger charge is 2.15. The van der Waals surface area contributed by atoms with Gasteiger partial charge in [-0.05, 0) is 48.5 Å². The first-order valence-corrected chi connectivity index (χ1v) is 9.20. The quantitative estimate of drug-likeness (QED) is 0.538. The van der Waals surface area contributed by atoms with Gasteiger partial charge < -0.3 is 14.5 Å². The van der Waals surface area contributed by atoms with Gasteiger partial charge in [-0.1, -0.05) is 30.3 Å². The summed E-state index contributed by atoms with van der Waals surface area (Å²) < 4.78 is 11.4. The number of amides is 1. The lowest BCUT2D eigenvalue weighted by molar-refractivity contribution is 0.102. The van der Waals surface area contributed by atoms with E-state index in [2.05, 4.69) is 16.4 Å². The van der Waals surface area contributed by atoms with E-state index in [1.54, 1.807) is 55.6 Å². The number of hydrogen-bond donors (Lipinski definition) is 1. The molecule has 4 rings (SSSR count). The molecule has 1 amide bonds. The van der Waals surface area contributed by atoms with Crippen molar-refractivity contribution in [2.45, 2.75) is 0 Å². The maximum atomic E-state index is 13.0. The molecule has 3 aromatic carbocycles. The molecule has 0 aliphatic carbocycles. The van der Waals surface area contributed by atoms with Crippen LogP contribution in [0.3, 0.4) is 0 Å². The van der Waals surface area contributed by atoms with E-state index in [1.807, 2.05) is 30.3 Å². The average Bonchev–Trinajstić information content (AvgIpc) is 2.79. The van der Waals surface area contributed by atoms with Crippen LogP contribution in [0.4, 0.5) is 11.4 Å². The molecule has 0 aliphatic rings. The second kappa shape index (κ2) is 8.33. The zero-order valence-corrected chi connectivity index (χ0v) is 16.1. The van der Waals surface area contributed by atoms with Crippen molar-refractivity contribution in [3.05, 3.63) is 95.5 Å². The third kappa shape index (κ3) is 3.91. The van der Waals surface area contributed by atoms with E-state index in [0.717, 1.165) is 0 Å². The zero-order valence-electron chi connectivity index (χ0n) is 16.1. The molecule has 1 aromatic heterocycles. The van der Waals surface area contributed by atoms with E-state index in [4.69, 9.17) is 14.4 Å². The Labute approximate surface area is 172 Å². The van der Waals surface area contributed by atoms with Gasteiger partial charge in [-0.15, -0.1) is 0 Å². The van der Waals surface area contributed by atoms with Crippen molar-refractivity contribution in [1.82, 2.24) is 0 Å². The molecule has 30 heavy (non-hydrogen) atoms. The average molecular weight is 395 g/mol. The molecule has 0 saturated heterocycles. The first-order valence-electron chi connectivity index (χ1n) is 9.20. The summed E-state index contributed by atoms with van der Waals surface area (Å²) in [5, 5.41) is 12.6. The molecule has 6 heteroatoms. The molecule has 0 aliphatic heterocycles. The number of benzene rings is 3. The van der Waals surface area contributed by atoms with Gasteiger partial charge in [-0.3, -0.25) is 4.79 Å². The Kier molecular flexibility index (Phi) is 5.27. The Morgan fingerprint density at radius 2 is 1.80 bits per heavy atom. The number of para-hydroxylation sites is 2. The molecule has 1 heterocycles. The Morgan fingerprint density at radius 1 is 1.03 bits per heavy atom. The highest BCUT2D eigenvalue weighted by atomic mass is 16.5. The number of nitriles is 1. The molecular weight excluding hydrogens is 378 g/mol. The number of carbonyl (C=O) groups excluding carboxylic acids is 1. The standard InChI is InChI=1S/C24H17N3O3/c1-29-21-9-5-6-17-14-20(23(28)26-18-7-3-2-4-8-18)24(30-22(17)21)27-19-12-10-16(15-25)11-13-19/h2-14H,1H3,(H,26,28). The summed E-state index contributed by atoms with van der Waals surface area (Å²) in [4.78, 5) is 17.5. The van der Waals surface area contributed by atoms with Crippen LogP contribution in [0, 0.1) is 11.3 Å². The molecule has 0 radical (unpaired) electrons. The SMILES string of the molecule is COc1cccc2cc(C(=O)Nc3ccccc3)c(=Nc3ccc(C#N)cc3)oc12. The second-order valence-corrected chi connectivity index (χ2v) is 6.43. The molecule has 0 atom stereocenters. The minimum atomic E-state index is -0.345.